The quantitative estimate of drug-likeness (QED) is 0.733. The first-order valence-corrected chi connectivity index (χ1v) is 4.38. The molecule has 1 N–H and O–H groups in total. The van der Waals surface area contributed by atoms with Crippen molar-refractivity contribution < 1.29 is 0 Å². The lowest BCUT2D eigenvalue weighted by Crippen LogP contribution is -2.28. The highest BCUT2D eigenvalue weighted by Gasteiger charge is 2.02. The van der Waals surface area contributed by atoms with Gasteiger partial charge in [0.25, 0.3) is 0 Å². The number of aromatic amines is 1. The van der Waals surface area contributed by atoms with Gasteiger partial charge >= 0.3 is 0 Å². The van der Waals surface area contributed by atoms with Crippen molar-refractivity contribution in [2.75, 3.05) is 13.6 Å². The highest BCUT2D eigenvalue weighted by Crippen LogP contribution is 1.98. The lowest BCUT2D eigenvalue weighted by molar-refractivity contribution is 0.276. The number of aromatic nitrogens is 2. The second-order valence-corrected chi connectivity index (χ2v) is 3.41. The molecule has 0 bridgehead atoms. The number of H-pyrrole nitrogens is 1. The number of nitrogens with one attached hydrogen (secondary N) is 1. The van der Waals surface area contributed by atoms with Crippen LogP contribution in [0.2, 0.25) is 0 Å². The third-order valence-electron chi connectivity index (χ3n) is 2.17. The molecular formula is C9H17N3. The molecule has 0 radical (unpaired) electrons. The number of hydrogen-bond acceptors (Lipinski definition) is 2. The first-order valence-electron chi connectivity index (χ1n) is 4.38. The molecule has 1 aromatic rings. The summed E-state index contributed by atoms with van der Waals surface area (Å²) in [5, 5.41) is 6.86. The SMILES string of the molecule is CC(C)N(C)CCc1ccn[nH]1. The summed E-state index contributed by atoms with van der Waals surface area (Å²) in [5.41, 5.74) is 1.21. The van der Waals surface area contributed by atoms with Crippen LogP contribution in [-0.4, -0.2) is 34.7 Å². The zero-order chi connectivity index (χ0) is 8.97. The minimum absolute atomic E-state index is 0.618. The third-order valence-corrected chi connectivity index (χ3v) is 2.17. The number of rotatable bonds is 4. The van der Waals surface area contributed by atoms with Crippen LogP contribution < -0.4 is 0 Å². The minimum Gasteiger partial charge on any atom is -0.304 e. The molecule has 0 fully saturated rings. The van der Waals surface area contributed by atoms with Gasteiger partial charge in [-0.1, -0.05) is 0 Å². The van der Waals surface area contributed by atoms with E-state index in [9.17, 15) is 0 Å². The van der Waals surface area contributed by atoms with Crippen LogP contribution in [0.25, 0.3) is 0 Å². The van der Waals surface area contributed by atoms with E-state index in [2.05, 4.69) is 36.0 Å². The van der Waals surface area contributed by atoms with Gasteiger partial charge in [-0.3, -0.25) is 5.10 Å². The van der Waals surface area contributed by atoms with E-state index >= 15 is 0 Å². The molecule has 1 heterocycles. The van der Waals surface area contributed by atoms with Crippen molar-refractivity contribution in [1.82, 2.24) is 15.1 Å². The fourth-order valence-corrected chi connectivity index (χ4v) is 0.979. The van der Waals surface area contributed by atoms with Crippen LogP contribution in [0.15, 0.2) is 12.3 Å². The van der Waals surface area contributed by atoms with Crippen molar-refractivity contribution in [3.05, 3.63) is 18.0 Å². The minimum atomic E-state index is 0.618. The van der Waals surface area contributed by atoms with Gasteiger partial charge in [0, 0.05) is 30.9 Å². The Morgan fingerprint density at radius 3 is 2.83 bits per heavy atom. The molecule has 0 aliphatic carbocycles. The summed E-state index contributed by atoms with van der Waals surface area (Å²) in [4.78, 5) is 2.32. The average Bonchev–Trinajstić information content (AvgIpc) is 2.51. The van der Waals surface area contributed by atoms with Gasteiger partial charge in [-0.15, -0.1) is 0 Å². The van der Waals surface area contributed by atoms with Crippen LogP contribution in [0.4, 0.5) is 0 Å². The predicted molar refractivity (Wildman–Crippen MR) is 50.1 cm³/mol. The molecule has 0 amide bonds. The molecule has 0 aliphatic heterocycles. The number of likely N-dealkylation sites (N-methyl/N-ethyl adjacent to an activating group) is 1. The lowest BCUT2D eigenvalue weighted by Gasteiger charge is -2.20. The smallest absolute Gasteiger partial charge is 0.0490 e. The molecule has 0 unspecified atom stereocenters. The third kappa shape index (κ3) is 2.66. The fourth-order valence-electron chi connectivity index (χ4n) is 0.979. The Morgan fingerprint density at radius 2 is 2.33 bits per heavy atom. The van der Waals surface area contributed by atoms with Gasteiger partial charge in [-0.25, -0.2) is 0 Å². The Balaban J connectivity index is 2.27. The van der Waals surface area contributed by atoms with Crippen molar-refractivity contribution in [2.45, 2.75) is 26.3 Å². The Morgan fingerprint density at radius 1 is 1.58 bits per heavy atom. The average molecular weight is 167 g/mol. The zero-order valence-electron chi connectivity index (χ0n) is 8.04. The normalized spacial score (nSPS) is 11.4. The van der Waals surface area contributed by atoms with Crippen LogP contribution >= 0.6 is 0 Å². The van der Waals surface area contributed by atoms with E-state index in [1.807, 2.05) is 6.07 Å². The molecule has 3 nitrogen and oxygen atoms in total. The summed E-state index contributed by atoms with van der Waals surface area (Å²) in [5.74, 6) is 0. The van der Waals surface area contributed by atoms with E-state index in [1.165, 1.54) is 5.69 Å². The molecule has 0 spiro atoms. The molecule has 3 heteroatoms. The first kappa shape index (κ1) is 9.26. The molecule has 0 atom stereocenters. The summed E-state index contributed by atoms with van der Waals surface area (Å²) in [6, 6.07) is 2.64. The van der Waals surface area contributed by atoms with Crippen molar-refractivity contribution in [3.63, 3.8) is 0 Å². The summed E-state index contributed by atoms with van der Waals surface area (Å²) in [6.45, 7) is 5.49. The van der Waals surface area contributed by atoms with Crippen LogP contribution in [-0.2, 0) is 6.42 Å². The van der Waals surface area contributed by atoms with Crippen molar-refractivity contribution in [1.29, 1.82) is 0 Å². The maximum absolute atomic E-state index is 3.90. The molecule has 1 aromatic heterocycles. The van der Waals surface area contributed by atoms with Crippen molar-refractivity contribution in [2.24, 2.45) is 0 Å². The monoisotopic (exact) mass is 167 g/mol. The van der Waals surface area contributed by atoms with Crippen molar-refractivity contribution >= 4 is 0 Å². The summed E-state index contributed by atoms with van der Waals surface area (Å²) < 4.78 is 0. The summed E-state index contributed by atoms with van der Waals surface area (Å²) >= 11 is 0. The number of nitrogens with zero attached hydrogens (tertiary/aromatic N) is 2. The molecule has 1 rings (SSSR count). The van der Waals surface area contributed by atoms with Gasteiger partial charge in [0.15, 0.2) is 0 Å². The molecule has 12 heavy (non-hydrogen) atoms. The molecule has 0 saturated carbocycles. The van der Waals surface area contributed by atoms with E-state index in [1.54, 1.807) is 6.20 Å². The molecule has 0 saturated heterocycles. The Kier molecular flexibility index (Phi) is 3.29. The van der Waals surface area contributed by atoms with Crippen molar-refractivity contribution in [3.8, 4) is 0 Å². The van der Waals surface area contributed by atoms with E-state index in [0.717, 1.165) is 13.0 Å². The van der Waals surface area contributed by atoms with E-state index in [4.69, 9.17) is 0 Å². The van der Waals surface area contributed by atoms with E-state index in [-0.39, 0.29) is 0 Å². The maximum Gasteiger partial charge on any atom is 0.0490 e. The Bertz CT molecular complexity index is 204. The highest BCUT2D eigenvalue weighted by atomic mass is 15.1. The van der Waals surface area contributed by atoms with Gasteiger partial charge in [0.05, 0.1) is 0 Å². The van der Waals surface area contributed by atoms with Gasteiger partial charge in [0.2, 0.25) is 0 Å². The van der Waals surface area contributed by atoms with Crippen LogP contribution in [0, 0.1) is 0 Å². The van der Waals surface area contributed by atoms with Gasteiger partial charge in [-0.2, -0.15) is 5.10 Å². The topological polar surface area (TPSA) is 31.9 Å². The molecular weight excluding hydrogens is 150 g/mol. The van der Waals surface area contributed by atoms with Gasteiger partial charge in [-0.05, 0) is 27.0 Å². The van der Waals surface area contributed by atoms with E-state index in [0.29, 0.717) is 6.04 Å². The lowest BCUT2D eigenvalue weighted by atomic mass is 10.2. The Hall–Kier alpha value is -0.830. The molecule has 0 aromatic carbocycles. The Labute approximate surface area is 73.8 Å². The van der Waals surface area contributed by atoms with Gasteiger partial charge in [0.1, 0.15) is 0 Å². The predicted octanol–water partition coefficient (Wildman–Crippen LogP) is 1.29. The van der Waals surface area contributed by atoms with Gasteiger partial charge < -0.3 is 4.90 Å². The highest BCUT2D eigenvalue weighted by molar-refractivity contribution is 4.97. The summed E-state index contributed by atoms with van der Waals surface area (Å²) in [7, 11) is 2.14. The maximum atomic E-state index is 3.90. The zero-order valence-corrected chi connectivity index (χ0v) is 8.04. The van der Waals surface area contributed by atoms with Crippen LogP contribution in [0.1, 0.15) is 19.5 Å². The standard InChI is InChI=1S/C9H17N3/c1-8(2)12(3)7-5-9-4-6-10-11-9/h4,6,8H,5,7H2,1-3H3,(H,10,11). The largest absolute Gasteiger partial charge is 0.304 e. The fraction of sp³-hybridized carbons (Fsp3) is 0.667. The molecule has 0 aliphatic rings. The molecule has 68 valence electrons. The second kappa shape index (κ2) is 4.26. The van der Waals surface area contributed by atoms with E-state index < -0.39 is 0 Å². The van der Waals surface area contributed by atoms with Crippen LogP contribution in [0.3, 0.4) is 0 Å². The first-order chi connectivity index (χ1) is 5.70. The second-order valence-electron chi connectivity index (χ2n) is 3.41. The number of hydrogen-bond donors (Lipinski definition) is 1. The summed E-state index contributed by atoms with van der Waals surface area (Å²) in [6.07, 6.45) is 2.85. The van der Waals surface area contributed by atoms with Crippen LogP contribution in [0.5, 0.6) is 0 Å².